The zero-order valence-corrected chi connectivity index (χ0v) is 9.92. The Bertz CT molecular complexity index is 223. The van der Waals surface area contributed by atoms with Crippen molar-refractivity contribution in [1.82, 2.24) is 10.2 Å². The lowest BCUT2D eigenvalue weighted by molar-refractivity contribution is -0.138. The zero-order chi connectivity index (χ0) is 11.5. The zero-order valence-electron chi connectivity index (χ0n) is 9.92. The minimum absolute atomic E-state index is 0.0119. The Hall–Kier alpha value is -0.610. The fourth-order valence-corrected chi connectivity index (χ4v) is 1.70. The molecule has 1 heterocycles. The summed E-state index contributed by atoms with van der Waals surface area (Å²) in [5, 5.41) is 12.4. The van der Waals surface area contributed by atoms with Crippen LogP contribution in [0.4, 0.5) is 0 Å². The number of likely N-dealkylation sites (N-methyl/N-ethyl adjacent to an activating group) is 1. The number of carbonyl (C=O) groups is 1. The molecule has 1 rings (SSSR count). The molecular formula is C11H22N2O2. The van der Waals surface area contributed by atoms with Crippen LogP contribution in [-0.4, -0.2) is 47.7 Å². The highest BCUT2D eigenvalue weighted by molar-refractivity contribution is 5.82. The lowest BCUT2D eigenvalue weighted by Gasteiger charge is -2.37. The summed E-state index contributed by atoms with van der Waals surface area (Å²) in [5.74, 6) is 0.0914. The number of piperidine rings is 1. The first kappa shape index (κ1) is 12.5. The van der Waals surface area contributed by atoms with Crippen LogP contribution < -0.4 is 5.32 Å². The third kappa shape index (κ3) is 2.92. The van der Waals surface area contributed by atoms with Gasteiger partial charge in [-0.05, 0) is 33.2 Å². The quantitative estimate of drug-likeness (QED) is 0.713. The van der Waals surface area contributed by atoms with Gasteiger partial charge in [-0.2, -0.15) is 0 Å². The molecule has 15 heavy (non-hydrogen) atoms. The fraction of sp³-hybridized carbons (Fsp3) is 0.909. The van der Waals surface area contributed by atoms with Crippen molar-refractivity contribution in [3.8, 4) is 0 Å². The maximum absolute atomic E-state index is 12.1. The monoisotopic (exact) mass is 214 g/mol. The molecule has 1 amide bonds. The van der Waals surface area contributed by atoms with Gasteiger partial charge in [-0.3, -0.25) is 4.79 Å². The Morgan fingerprint density at radius 1 is 1.53 bits per heavy atom. The second-order valence-corrected chi connectivity index (χ2v) is 4.87. The molecule has 0 aromatic heterocycles. The van der Waals surface area contributed by atoms with Crippen LogP contribution in [0.3, 0.4) is 0 Å². The molecule has 4 heteroatoms. The van der Waals surface area contributed by atoms with Gasteiger partial charge in [-0.15, -0.1) is 0 Å². The van der Waals surface area contributed by atoms with Crippen LogP contribution in [0, 0.1) is 0 Å². The predicted molar refractivity (Wildman–Crippen MR) is 59.6 cm³/mol. The Balaban J connectivity index is 2.58. The van der Waals surface area contributed by atoms with Crippen molar-refractivity contribution in [1.29, 1.82) is 0 Å². The maximum Gasteiger partial charge on any atom is 0.239 e. The van der Waals surface area contributed by atoms with Crippen LogP contribution in [0.15, 0.2) is 0 Å². The molecule has 0 aromatic rings. The number of amides is 1. The van der Waals surface area contributed by atoms with E-state index >= 15 is 0 Å². The summed E-state index contributed by atoms with van der Waals surface area (Å²) in [5.41, 5.74) is -0.476. The summed E-state index contributed by atoms with van der Waals surface area (Å²) >= 11 is 0. The van der Waals surface area contributed by atoms with Crippen molar-refractivity contribution in [2.75, 3.05) is 20.2 Å². The average molecular weight is 214 g/mol. The minimum Gasteiger partial charge on any atom is -0.394 e. The first-order chi connectivity index (χ1) is 6.99. The normalized spacial score (nSPS) is 22.5. The lowest BCUT2D eigenvalue weighted by Crippen LogP contribution is -2.55. The Morgan fingerprint density at radius 2 is 2.20 bits per heavy atom. The van der Waals surface area contributed by atoms with E-state index in [0.717, 1.165) is 25.8 Å². The van der Waals surface area contributed by atoms with E-state index in [9.17, 15) is 9.90 Å². The molecule has 1 aliphatic rings. The van der Waals surface area contributed by atoms with Crippen molar-refractivity contribution in [2.45, 2.75) is 44.7 Å². The Labute approximate surface area is 91.6 Å². The van der Waals surface area contributed by atoms with Gasteiger partial charge in [0.1, 0.15) is 0 Å². The molecule has 4 nitrogen and oxygen atoms in total. The van der Waals surface area contributed by atoms with E-state index in [-0.39, 0.29) is 18.6 Å². The highest BCUT2D eigenvalue weighted by Crippen LogP contribution is 2.16. The smallest absolute Gasteiger partial charge is 0.239 e. The molecule has 1 saturated heterocycles. The molecule has 1 fully saturated rings. The molecule has 0 saturated carbocycles. The minimum atomic E-state index is -0.476. The van der Waals surface area contributed by atoms with E-state index in [1.807, 2.05) is 13.8 Å². The van der Waals surface area contributed by atoms with Crippen LogP contribution in [0.25, 0.3) is 0 Å². The van der Waals surface area contributed by atoms with Crippen molar-refractivity contribution < 1.29 is 9.90 Å². The average Bonchev–Trinajstić information content (AvgIpc) is 2.28. The van der Waals surface area contributed by atoms with Gasteiger partial charge < -0.3 is 15.3 Å². The predicted octanol–water partition coefficient (Wildman–Crippen LogP) is 0.358. The second kappa shape index (κ2) is 4.94. The molecule has 1 atom stereocenters. The summed E-state index contributed by atoms with van der Waals surface area (Å²) in [6.07, 6.45) is 3.17. The number of nitrogens with one attached hydrogen (secondary N) is 1. The van der Waals surface area contributed by atoms with Crippen molar-refractivity contribution in [3.63, 3.8) is 0 Å². The largest absolute Gasteiger partial charge is 0.394 e. The summed E-state index contributed by atoms with van der Waals surface area (Å²) in [4.78, 5) is 13.7. The van der Waals surface area contributed by atoms with Gasteiger partial charge in [0.05, 0.1) is 18.2 Å². The number of hydrogen-bond donors (Lipinski definition) is 2. The molecule has 1 unspecified atom stereocenters. The highest BCUT2D eigenvalue weighted by Gasteiger charge is 2.31. The van der Waals surface area contributed by atoms with E-state index < -0.39 is 5.54 Å². The van der Waals surface area contributed by atoms with Gasteiger partial charge in [0.15, 0.2) is 0 Å². The Kier molecular flexibility index (Phi) is 4.11. The maximum atomic E-state index is 12.1. The summed E-state index contributed by atoms with van der Waals surface area (Å²) < 4.78 is 0. The second-order valence-electron chi connectivity index (χ2n) is 4.87. The van der Waals surface area contributed by atoms with Gasteiger partial charge >= 0.3 is 0 Å². The van der Waals surface area contributed by atoms with E-state index in [1.165, 1.54) is 0 Å². The molecule has 2 N–H and O–H groups in total. The molecule has 0 aliphatic carbocycles. The van der Waals surface area contributed by atoms with Crippen LogP contribution in [0.5, 0.6) is 0 Å². The summed E-state index contributed by atoms with van der Waals surface area (Å²) in [6.45, 7) is 4.65. The topological polar surface area (TPSA) is 52.6 Å². The third-order valence-electron chi connectivity index (χ3n) is 3.23. The van der Waals surface area contributed by atoms with E-state index in [0.29, 0.717) is 0 Å². The lowest BCUT2D eigenvalue weighted by atomic mass is 9.99. The number of carbonyl (C=O) groups excluding carboxylic acids is 1. The van der Waals surface area contributed by atoms with Gasteiger partial charge in [-0.25, -0.2) is 0 Å². The molecule has 88 valence electrons. The number of nitrogens with zero attached hydrogens (tertiary/aromatic N) is 1. The van der Waals surface area contributed by atoms with Crippen LogP contribution in [0.2, 0.25) is 0 Å². The van der Waals surface area contributed by atoms with Gasteiger partial charge in [0.25, 0.3) is 0 Å². The van der Waals surface area contributed by atoms with Crippen molar-refractivity contribution in [3.05, 3.63) is 0 Å². The number of aliphatic hydroxyl groups is 1. The molecule has 1 aliphatic heterocycles. The third-order valence-corrected chi connectivity index (χ3v) is 3.23. The van der Waals surface area contributed by atoms with Gasteiger partial charge in [0, 0.05) is 7.05 Å². The van der Waals surface area contributed by atoms with Crippen LogP contribution in [0.1, 0.15) is 33.1 Å². The van der Waals surface area contributed by atoms with Crippen LogP contribution in [-0.2, 0) is 4.79 Å². The standard InChI is InChI=1S/C11H22N2O2/c1-11(2,8-14)13(3)10(15)9-6-4-5-7-12-9/h9,12,14H,4-8H2,1-3H3. The van der Waals surface area contributed by atoms with Crippen molar-refractivity contribution >= 4 is 5.91 Å². The first-order valence-electron chi connectivity index (χ1n) is 5.61. The van der Waals surface area contributed by atoms with Gasteiger partial charge in [0.2, 0.25) is 5.91 Å². The summed E-state index contributed by atoms with van der Waals surface area (Å²) in [7, 11) is 1.76. The number of hydrogen-bond acceptors (Lipinski definition) is 3. The highest BCUT2D eigenvalue weighted by atomic mass is 16.3. The van der Waals surface area contributed by atoms with Gasteiger partial charge in [-0.1, -0.05) is 6.42 Å². The van der Waals surface area contributed by atoms with E-state index in [1.54, 1.807) is 11.9 Å². The Morgan fingerprint density at radius 3 is 2.67 bits per heavy atom. The molecule has 0 aromatic carbocycles. The SMILES string of the molecule is CN(C(=O)C1CCCCN1)C(C)(C)CO. The fourth-order valence-electron chi connectivity index (χ4n) is 1.70. The molecular weight excluding hydrogens is 192 g/mol. The first-order valence-corrected chi connectivity index (χ1v) is 5.61. The van der Waals surface area contributed by atoms with E-state index in [4.69, 9.17) is 0 Å². The number of aliphatic hydroxyl groups excluding tert-OH is 1. The molecule has 0 spiro atoms. The number of rotatable bonds is 3. The van der Waals surface area contributed by atoms with Crippen molar-refractivity contribution in [2.24, 2.45) is 0 Å². The molecule has 0 radical (unpaired) electrons. The molecule has 0 bridgehead atoms. The summed E-state index contributed by atoms with van der Waals surface area (Å²) in [6, 6.07) is -0.0606. The van der Waals surface area contributed by atoms with Crippen LogP contribution >= 0.6 is 0 Å². The van der Waals surface area contributed by atoms with E-state index in [2.05, 4.69) is 5.32 Å².